The van der Waals surface area contributed by atoms with Crippen LogP contribution in [0.15, 0.2) is 35.4 Å². The van der Waals surface area contributed by atoms with Gasteiger partial charge < -0.3 is 9.88 Å². The Morgan fingerprint density at radius 2 is 2.10 bits per heavy atom. The lowest BCUT2D eigenvalue weighted by atomic mass is 10.2. The van der Waals surface area contributed by atoms with E-state index < -0.39 is 0 Å². The van der Waals surface area contributed by atoms with Gasteiger partial charge in [-0.05, 0) is 44.2 Å². The Morgan fingerprint density at radius 1 is 1.30 bits per heavy atom. The highest BCUT2D eigenvalue weighted by Crippen LogP contribution is 2.33. The average Bonchev–Trinajstić information content (AvgIpc) is 3.08. The number of rotatable bonds is 4. The van der Waals surface area contributed by atoms with Crippen molar-refractivity contribution < 1.29 is 0 Å². The van der Waals surface area contributed by atoms with E-state index in [-0.39, 0.29) is 0 Å². The van der Waals surface area contributed by atoms with E-state index >= 15 is 0 Å². The van der Waals surface area contributed by atoms with Crippen molar-refractivity contribution in [3.63, 3.8) is 0 Å². The zero-order valence-electron chi connectivity index (χ0n) is 12.1. The summed E-state index contributed by atoms with van der Waals surface area (Å²) in [7, 11) is 0. The fourth-order valence-corrected chi connectivity index (χ4v) is 3.36. The topological polar surface area (TPSA) is 29.9 Å². The van der Waals surface area contributed by atoms with Crippen LogP contribution in [0.3, 0.4) is 0 Å². The molecule has 0 aliphatic heterocycles. The normalized spacial score (nSPS) is 15.7. The summed E-state index contributed by atoms with van der Waals surface area (Å²) in [5.41, 5.74) is 2.20. The molecule has 2 aromatic rings. The van der Waals surface area contributed by atoms with Gasteiger partial charge in [0.25, 0.3) is 0 Å². The van der Waals surface area contributed by atoms with Crippen LogP contribution in [0.4, 0.5) is 11.6 Å². The van der Waals surface area contributed by atoms with Gasteiger partial charge in [-0.1, -0.05) is 18.9 Å². The molecular formula is C16H21N3S. The van der Waals surface area contributed by atoms with Crippen LogP contribution in [0.2, 0.25) is 0 Å². The van der Waals surface area contributed by atoms with Gasteiger partial charge in [0.15, 0.2) is 0 Å². The molecule has 0 saturated heterocycles. The zero-order valence-corrected chi connectivity index (χ0v) is 12.9. The van der Waals surface area contributed by atoms with Crippen LogP contribution in [-0.4, -0.2) is 15.8 Å². The number of thioether (sulfide) groups is 1. The Hall–Kier alpha value is -1.42. The molecule has 1 aromatic heterocycles. The number of anilines is 2. The summed E-state index contributed by atoms with van der Waals surface area (Å²) in [5, 5.41) is 3.48. The first-order valence-electron chi connectivity index (χ1n) is 7.23. The number of benzene rings is 1. The number of nitrogens with one attached hydrogen (secondary N) is 1. The summed E-state index contributed by atoms with van der Waals surface area (Å²) in [6.07, 6.45) is 9.50. The SMILES string of the molecule is CSc1cccc(Nc2nc(C)cn2C2CCCC2)c1. The summed E-state index contributed by atoms with van der Waals surface area (Å²) >= 11 is 1.76. The predicted molar refractivity (Wildman–Crippen MR) is 86.0 cm³/mol. The van der Waals surface area contributed by atoms with Crippen LogP contribution >= 0.6 is 11.8 Å². The highest BCUT2D eigenvalue weighted by molar-refractivity contribution is 7.98. The van der Waals surface area contributed by atoms with E-state index in [0.29, 0.717) is 6.04 Å². The Kier molecular flexibility index (Phi) is 4.01. The van der Waals surface area contributed by atoms with Gasteiger partial charge in [0.1, 0.15) is 0 Å². The van der Waals surface area contributed by atoms with Gasteiger partial charge in [-0.3, -0.25) is 0 Å². The number of nitrogens with zero attached hydrogens (tertiary/aromatic N) is 2. The summed E-state index contributed by atoms with van der Waals surface area (Å²) in [5.74, 6) is 0.979. The van der Waals surface area contributed by atoms with Crippen LogP contribution in [0.5, 0.6) is 0 Å². The van der Waals surface area contributed by atoms with E-state index in [1.807, 2.05) is 0 Å². The highest BCUT2D eigenvalue weighted by Gasteiger charge is 2.20. The third-order valence-electron chi connectivity index (χ3n) is 3.90. The summed E-state index contributed by atoms with van der Waals surface area (Å²) in [6.45, 7) is 2.06. The van der Waals surface area contributed by atoms with E-state index in [4.69, 9.17) is 0 Å². The van der Waals surface area contributed by atoms with Gasteiger partial charge in [-0.2, -0.15) is 0 Å². The fraction of sp³-hybridized carbons (Fsp3) is 0.438. The lowest BCUT2D eigenvalue weighted by molar-refractivity contribution is 0.524. The maximum absolute atomic E-state index is 4.65. The largest absolute Gasteiger partial charge is 0.326 e. The average molecular weight is 287 g/mol. The van der Waals surface area contributed by atoms with Gasteiger partial charge in [0, 0.05) is 22.8 Å². The van der Waals surface area contributed by atoms with Crippen molar-refractivity contribution in [2.24, 2.45) is 0 Å². The second-order valence-corrected chi connectivity index (χ2v) is 6.29. The Morgan fingerprint density at radius 3 is 2.85 bits per heavy atom. The van der Waals surface area contributed by atoms with E-state index in [1.54, 1.807) is 11.8 Å². The van der Waals surface area contributed by atoms with Crippen LogP contribution in [0.1, 0.15) is 37.4 Å². The van der Waals surface area contributed by atoms with Crippen molar-refractivity contribution in [3.8, 4) is 0 Å². The minimum Gasteiger partial charge on any atom is -0.326 e. The van der Waals surface area contributed by atoms with Crippen molar-refractivity contribution in [1.82, 2.24) is 9.55 Å². The first-order valence-corrected chi connectivity index (χ1v) is 8.45. The van der Waals surface area contributed by atoms with Crippen LogP contribution in [-0.2, 0) is 0 Å². The lowest BCUT2D eigenvalue weighted by Crippen LogP contribution is -2.07. The Bertz CT molecular complexity index is 585. The predicted octanol–water partition coefficient (Wildman–Crippen LogP) is 4.77. The van der Waals surface area contributed by atoms with Crippen LogP contribution < -0.4 is 5.32 Å². The minimum atomic E-state index is 0.613. The smallest absolute Gasteiger partial charge is 0.207 e. The van der Waals surface area contributed by atoms with Crippen molar-refractivity contribution >= 4 is 23.4 Å². The van der Waals surface area contributed by atoms with Crippen molar-refractivity contribution in [2.45, 2.75) is 43.5 Å². The van der Waals surface area contributed by atoms with Gasteiger partial charge in [-0.25, -0.2) is 4.98 Å². The molecule has 4 heteroatoms. The molecule has 20 heavy (non-hydrogen) atoms. The molecule has 0 bridgehead atoms. The third-order valence-corrected chi connectivity index (χ3v) is 4.62. The van der Waals surface area contributed by atoms with Gasteiger partial charge in [-0.15, -0.1) is 11.8 Å². The molecule has 0 atom stereocenters. The quantitative estimate of drug-likeness (QED) is 0.821. The molecule has 1 aliphatic carbocycles. The van der Waals surface area contributed by atoms with Crippen LogP contribution in [0.25, 0.3) is 0 Å². The molecule has 1 fully saturated rings. The number of aromatic nitrogens is 2. The number of hydrogen-bond acceptors (Lipinski definition) is 3. The monoisotopic (exact) mass is 287 g/mol. The molecule has 1 aliphatic rings. The maximum atomic E-state index is 4.65. The van der Waals surface area contributed by atoms with E-state index in [0.717, 1.165) is 17.3 Å². The molecule has 3 rings (SSSR count). The molecule has 1 aromatic carbocycles. The molecule has 1 heterocycles. The van der Waals surface area contributed by atoms with Crippen molar-refractivity contribution in [3.05, 3.63) is 36.2 Å². The molecule has 106 valence electrons. The molecule has 0 radical (unpaired) electrons. The fourth-order valence-electron chi connectivity index (χ4n) is 2.90. The zero-order chi connectivity index (χ0) is 13.9. The lowest BCUT2D eigenvalue weighted by Gasteiger charge is -2.15. The molecule has 0 spiro atoms. The molecule has 0 amide bonds. The molecular weight excluding hydrogens is 266 g/mol. The molecule has 1 N–H and O–H groups in total. The minimum absolute atomic E-state index is 0.613. The number of aryl methyl sites for hydroxylation is 1. The first-order chi connectivity index (χ1) is 9.76. The van der Waals surface area contributed by atoms with Crippen molar-refractivity contribution in [2.75, 3.05) is 11.6 Å². The molecule has 3 nitrogen and oxygen atoms in total. The molecule has 1 saturated carbocycles. The van der Waals surface area contributed by atoms with E-state index in [2.05, 4.69) is 58.5 Å². The van der Waals surface area contributed by atoms with Crippen molar-refractivity contribution in [1.29, 1.82) is 0 Å². The van der Waals surface area contributed by atoms with Crippen LogP contribution in [0, 0.1) is 6.92 Å². The number of hydrogen-bond donors (Lipinski definition) is 1. The summed E-state index contributed by atoms with van der Waals surface area (Å²) < 4.78 is 2.33. The molecule has 0 unspecified atom stereocenters. The Balaban J connectivity index is 1.86. The number of imidazole rings is 1. The van der Waals surface area contributed by atoms with E-state index in [9.17, 15) is 0 Å². The first kappa shape index (κ1) is 13.6. The Labute approximate surface area is 124 Å². The van der Waals surface area contributed by atoms with E-state index in [1.165, 1.54) is 30.6 Å². The van der Waals surface area contributed by atoms with Gasteiger partial charge >= 0.3 is 0 Å². The highest BCUT2D eigenvalue weighted by atomic mass is 32.2. The second-order valence-electron chi connectivity index (χ2n) is 5.41. The van der Waals surface area contributed by atoms with Gasteiger partial charge in [0.2, 0.25) is 5.95 Å². The van der Waals surface area contributed by atoms with Gasteiger partial charge in [0.05, 0.1) is 5.69 Å². The standard InChI is InChI=1S/C16H21N3S/c1-12-11-19(14-7-3-4-8-14)16(17-12)18-13-6-5-9-15(10-13)20-2/h5-6,9-11,14H,3-4,7-8H2,1-2H3,(H,17,18). The second kappa shape index (κ2) is 5.92. The summed E-state index contributed by atoms with van der Waals surface area (Å²) in [4.78, 5) is 5.92. The summed E-state index contributed by atoms with van der Waals surface area (Å²) in [6, 6.07) is 9.10. The maximum Gasteiger partial charge on any atom is 0.207 e. The third kappa shape index (κ3) is 2.85.